The van der Waals surface area contributed by atoms with Gasteiger partial charge in [0.15, 0.2) is 0 Å². The summed E-state index contributed by atoms with van der Waals surface area (Å²) in [5.41, 5.74) is -0.492. The topological polar surface area (TPSA) is 108 Å². The van der Waals surface area contributed by atoms with E-state index in [1.54, 1.807) is 0 Å². The Hall–Kier alpha value is -2.49. The number of amides is 2. The molecule has 3 fully saturated rings. The number of hydrogen-bond donors (Lipinski definition) is 2. The molecule has 164 valence electrons. The Morgan fingerprint density at radius 3 is 2.80 bits per heavy atom. The standard InChI is InChI=1S/C20H28FN5O4/c1-22-19(29)30-16-15(21)11-23-18(24-16)25-9-2-7-20(12-25)8-10-26(17(20)28)13-3-5-14(27)6-4-13/h11,13-14,27H,2-10,12H2,1H3,(H,22,29). The summed E-state index contributed by atoms with van der Waals surface area (Å²) in [5.74, 6) is -0.838. The van der Waals surface area contributed by atoms with Crippen molar-refractivity contribution < 1.29 is 23.8 Å². The van der Waals surface area contributed by atoms with Gasteiger partial charge in [-0.1, -0.05) is 0 Å². The number of hydrogen-bond acceptors (Lipinski definition) is 7. The van der Waals surface area contributed by atoms with Crippen molar-refractivity contribution in [1.82, 2.24) is 20.2 Å². The molecule has 1 unspecified atom stereocenters. The van der Waals surface area contributed by atoms with E-state index in [1.165, 1.54) is 7.05 Å². The zero-order chi connectivity index (χ0) is 21.3. The molecule has 4 rings (SSSR count). The number of carbonyl (C=O) groups is 2. The van der Waals surface area contributed by atoms with Crippen LogP contribution in [0.3, 0.4) is 0 Å². The molecule has 1 aromatic heterocycles. The van der Waals surface area contributed by atoms with Gasteiger partial charge in [0, 0.05) is 32.7 Å². The minimum atomic E-state index is -0.823. The highest BCUT2D eigenvalue weighted by atomic mass is 19.1. The molecule has 3 heterocycles. The molecule has 3 aliphatic rings. The van der Waals surface area contributed by atoms with Crippen LogP contribution >= 0.6 is 0 Å². The molecule has 2 N–H and O–H groups in total. The third kappa shape index (κ3) is 3.92. The van der Waals surface area contributed by atoms with Gasteiger partial charge in [0.1, 0.15) is 0 Å². The van der Waals surface area contributed by atoms with E-state index >= 15 is 0 Å². The number of rotatable bonds is 3. The van der Waals surface area contributed by atoms with E-state index in [0.29, 0.717) is 13.1 Å². The Kier molecular flexibility index (Phi) is 5.77. The molecule has 2 saturated heterocycles. The summed E-state index contributed by atoms with van der Waals surface area (Å²) in [6.45, 7) is 1.83. The molecular formula is C20H28FN5O4. The van der Waals surface area contributed by atoms with Crippen LogP contribution in [0.4, 0.5) is 15.1 Å². The van der Waals surface area contributed by atoms with E-state index in [-0.39, 0.29) is 24.0 Å². The van der Waals surface area contributed by atoms with Gasteiger partial charge in [0.25, 0.3) is 5.88 Å². The molecule has 0 bridgehead atoms. The predicted molar refractivity (Wildman–Crippen MR) is 106 cm³/mol. The average molecular weight is 421 g/mol. The van der Waals surface area contributed by atoms with Gasteiger partial charge in [-0.2, -0.15) is 9.37 Å². The lowest BCUT2D eigenvalue weighted by molar-refractivity contribution is -0.139. The van der Waals surface area contributed by atoms with E-state index in [9.17, 15) is 19.1 Å². The molecular weight excluding hydrogens is 393 g/mol. The highest BCUT2D eigenvalue weighted by Gasteiger charge is 2.51. The quantitative estimate of drug-likeness (QED) is 0.761. The second-order valence-electron chi connectivity index (χ2n) is 8.48. The number of carbonyl (C=O) groups excluding carboxylic acids is 2. The molecule has 30 heavy (non-hydrogen) atoms. The predicted octanol–water partition coefficient (Wildman–Crippen LogP) is 1.46. The molecule has 2 amide bonds. The number of piperidine rings is 1. The summed E-state index contributed by atoms with van der Waals surface area (Å²) < 4.78 is 18.8. The van der Waals surface area contributed by atoms with Crippen LogP contribution in [0, 0.1) is 11.2 Å². The first-order valence-corrected chi connectivity index (χ1v) is 10.6. The third-order valence-electron chi connectivity index (χ3n) is 6.61. The normalized spacial score (nSPS) is 29.4. The largest absolute Gasteiger partial charge is 0.413 e. The van der Waals surface area contributed by atoms with Crippen LogP contribution in [0.2, 0.25) is 0 Å². The van der Waals surface area contributed by atoms with E-state index in [0.717, 1.165) is 57.7 Å². The lowest BCUT2D eigenvalue weighted by atomic mass is 9.78. The van der Waals surface area contributed by atoms with Crippen LogP contribution in [-0.4, -0.2) is 70.8 Å². The Labute approximate surface area is 174 Å². The number of halogens is 1. The van der Waals surface area contributed by atoms with Crippen LogP contribution in [0.15, 0.2) is 6.20 Å². The Balaban J connectivity index is 1.49. The number of likely N-dealkylation sites (tertiary alicyclic amines) is 1. The minimum absolute atomic E-state index is 0.164. The summed E-state index contributed by atoms with van der Waals surface area (Å²) in [6, 6.07) is 0.199. The number of ether oxygens (including phenoxy) is 1. The maximum Gasteiger partial charge on any atom is 0.413 e. The smallest absolute Gasteiger partial charge is 0.393 e. The third-order valence-corrected chi connectivity index (χ3v) is 6.61. The summed E-state index contributed by atoms with van der Waals surface area (Å²) >= 11 is 0. The molecule has 1 aliphatic carbocycles. The molecule has 0 aromatic carbocycles. The number of aromatic nitrogens is 2. The van der Waals surface area contributed by atoms with Crippen molar-refractivity contribution in [1.29, 1.82) is 0 Å². The van der Waals surface area contributed by atoms with Crippen LogP contribution in [0.5, 0.6) is 5.88 Å². The van der Waals surface area contributed by atoms with Gasteiger partial charge < -0.3 is 25.0 Å². The van der Waals surface area contributed by atoms with Crippen LogP contribution in [-0.2, 0) is 4.79 Å². The SMILES string of the molecule is CNC(=O)Oc1nc(N2CCCC3(CCN(C4CCC(O)CC4)C3=O)C2)ncc1F. The maximum absolute atomic E-state index is 13.9. The van der Waals surface area contributed by atoms with Crippen molar-refractivity contribution in [3.8, 4) is 5.88 Å². The van der Waals surface area contributed by atoms with Gasteiger partial charge in [0.2, 0.25) is 17.7 Å². The zero-order valence-corrected chi connectivity index (χ0v) is 17.1. The van der Waals surface area contributed by atoms with Crippen LogP contribution < -0.4 is 15.0 Å². The van der Waals surface area contributed by atoms with Gasteiger partial charge in [0.05, 0.1) is 17.7 Å². The number of anilines is 1. The van der Waals surface area contributed by atoms with E-state index in [1.807, 2.05) is 9.80 Å². The van der Waals surface area contributed by atoms with E-state index in [2.05, 4.69) is 15.3 Å². The maximum atomic E-state index is 13.9. The Bertz CT molecular complexity index is 816. The molecule has 0 radical (unpaired) electrons. The van der Waals surface area contributed by atoms with Crippen molar-refractivity contribution in [2.24, 2.45) is 5.41 Å². The fourth-order valence-electron chi connectivity index (χ4n) is 4.95. The number of aliphatic hydroxyl groups is 1. The summed E-state index contributed by atoms with van der Waals surface area (Å²) in [4.78, 5) is 36.9. The number of nitrogens with one attached hydrogen (secondary N) is 1. The van der Waals surface area contributed by atoms with Gasteiger partial charge in [-0.15, -0.1) is 0 Å². The van der Waals surface area contributed by atoms with Crippen LogP contribution in [0.1, 0.15) is 44.9 Å². The molecule has 2 aliphatic heterocycles. The number of aliphatic hydroxyl groups excluding tert-OH is 1. The van der Waals surface area contributed by atoms with Crippen molar-refractivity contribution in [3.05, 3.63) is 12.0 Å². The first-order chi connectivity index (χ1) is 14.4. The van der Waals surface area contributed by atoms with Gasteiger partial charge in [-0.25, -0.2) is 9.78 Å². The van der Waals surface area contributed by atoms with Crippen molar-refractivity contribution in [2.45, 2.75) is 57.1 Å². The lowest BCUT2D eigenvalue weighted by Crippen LogP contribution is -2.50. The van der Waals surface area contributed by atoms with Gasteiger partial charge in [-0.3, -0.25) is 4.79 Å². The van der Waals surface area contributed by atoms with Gasteiger partial charge in [-0.05, 0) is 44.9 Å². The second kappa shape index (κ2) is 8.33. The summed E-state index contributed by atoms with van der Waals surface area (Å²) in [5, 5.41) is 12.0. The molecule has 9 nitrogen and oxygen atoms in total. The first-order valence-electron chi connectivity index (χ1n) is 10.6. The molecule has 1 spiro atoms. The van der Waals surface area contributed by atoms with Crippen molar-refractivity contribution >= 4 is 17.9 Å². The fraction of sp³-hybridized carbons (Fsp3) is 0.700. The van der Waals surface area contributed by atoms with Gasteiger partial charge >= 0.3 is 6.09 Å². The second-order valence-corrected chi connectivity index (χ2v) is 8.48. The molecule has 1 atom stereocenters. The summed E-state index contributed by atoms with van der Waals surface area (Å²) in [6.07, 6.45) is 5.46. The minimum Gasteiger partial charge on any atom is -0.393 e. The van der Waals surface area contributed by atoms with Crippen molar-refractivity contribution in [3.63, 3.8) is 0 Å². The molecule has 1 saturated carbocycles. The first kappa shape index (κ1) is 20.8. The highest BCUT2D eigenvalue weighted by Crippen LogP contribution is 2.43. The average Bonchev–Trinajstić information content (AvgIpc) is 3.05. The fourth-order valence-corrected chi connectivity index (χ4v) is 4.95. The van der Waals surface area contributed by atoms with Crippen molar-refractivity contribution in [2.75, 3.05) is 31.6 Å². The Morgan fingerprint density at radius 2 is 2.07 bits per heavy atom. The van der Waals surface area contributed by atoms with E-state index < -0.39 is 23.2 Å². The monoisotopic (exact) mass is 421 g/mol. The van der Waals surface area contributed by atoms with Crippen LogP contribution in [0.25, 0.3) is 0 Å². The zero-order valence-electron chi connectivity index (χ0n) is 17.1. The lowest BCUT2D eigenvalue weighted by Gasteiger charge is -2.40. The highest BCUT2D eigenvalue weighted by molar-refractivity contribution is 5.86. The Morgan fingerprint density at radius 1 is 1.30 bits per heavy atom. The number of nitrogens with zero attached hydrogens (tertiary/aromatic N) is 4. The molecule has 10 heteroatoms. The molecule has 1 aromatic rings. The van der Waals surface area contributed by atoms with E-state index in [4.69, 9.17) is 4.74 Å². The summed E-state index contributed by atoms with van der Waals surface area (Å²) in [7, 11) is 1.38.